The minimum atomic E-state index is -0.321. The molecule has 130 valence electrons. The molecule has 0 aliphatic heterocycles. The van der Waals surface area contributed by atoms with Crippen LogP contribution in [0.3, 0.4) is 0 Å². The van der Waals surface area contributed by atoms with E-state index in [1.54, 1.807) is 48.5 Å². The number of rotatable bonds is 5. The summed E-state index contributed by atoms with van der Waals surface area (Å²) < 4.78 is 5.34. The van der Waals surface area contributed by atoms with Crippen LogP contribution in [0.2, 0.25) is 0 Å². The van der Waals surface area contributed by atoms with Crippen molar-refractivity contribution in [3.8, 4) is 5.75 Å². The maximum atomic E-state index is 12.2. The lowest BCUT2D eigenvalue weighted by molar-refractivity contribution is -0.114. The van der Waals surface area contributed by atoms with Crippen LogP contribution in [0.5, 0.6) is 5.75 Å². The van der Waals surface area contributed by atoms with Crippen LogP contribution in [0.25, 0.3) is 0 Å². The van der Waals surface area contributed by atoms with E-state index >= 15 is 0 Å². The molecule has 25 heavy (non-hydrogen) atoms. The summed E-state index contributed by atoms with van der Waals surface area (Å²) in [6.45, 7) is 3.89. The molecule has 2 aromatic carbocycles. The highest BCUT2D eigenvalue weighted by Crippen LogP contribution is 2.15. The lowest BCUT2D eigenvalue weighted by Crippen LogP contribution is -2.34. The Kier molecular flexibility index (Phi) is 6.47. The molecule has 7 heteroatoms. The number of carbonyl (C=O) groups excluding carboxylic acids is 2. The van der Waals surface area contributed by atoms with E-state index in [9.17, 15) is 9.59 Å². The molecular weight excluding hydrogens is 338 g/mol. The van der Waals surface area contributed by atoms with Gasteiger partial charge in [0.1, 0.15) is 5.75 Å². The van der Waals surface area contributed by atoms with Gasteiger partial charge in [0.25, 0.3) is 5.91 Å². The highest BCUT2D eigenvalue weighted by molar-refractivity contribution is 7.80. The lowest BCUT2D eigenvalue weighted by Gasteiger charge is -2.11. The average Bonchev–Trinajstić information content (AvgIpc) is 2.55. The van der Waals surface area contributed by atoms with Crippen LogP contribution in [0.4, 0.5) is 11.4 Å². The van der Waals surface area contributed by atoms with E-state index in [4.69, 9.17) is 17.0 Å². The summed E-state index contributed by atoms with van der Waals surface area (Å²) in [4.78, 5) is 23.3. The van der Waals surface area contributed by atoms with Crippen molar-refractivity contribution in [3.63, 3.8) is 0 Å². The van der Waals surface area contributed by atoms with E-state index < -0.39 is 0 Å². The molecule has 0 fully saturated rings. The number of carbonyl (C=O) groups is 2. The van der Waals surface area contributed by atoms with Gasteiger partial charge in [-0.15, -0.1) is 0 Å². The predicted molar refractivity (Wildman–Crippen MR) is 102 cm³/mol. The fourth-order valence-corrected chi connectivity index (χ4v) is 2.30. The topological polar surface area (TPSA) is 79.5 Å². The molecular formula is C18H19N3O3S. The summed E-state index contributed by atoms with van der Waals surface area (Å²) >= 11 is 5.16. The maximum absolute atomic E-state index is 12.2. The summed E-state index contributed by atoms with van der Waals surface area (Å²) in [6.07, 6.45) is 0. The van der Waals surface area contributed by atoms with E-state index in [2.05, 4.69) is 16.0 Å². The van der Waals surface area contributed by atoms with Gasteiger partial charge in [-0.1, -0.05) is 6.07 Å². The Balaban J connectivity index is 1.95. The Hall–Kier alpha value is -2.93. The standard InChI is InChI=1S/C18H19N3O3S/c1-3-24-16-9-7-13(8-10-16)17(23)21-18(25)20-15-6-4-5-14(11-15)19-12(2)22/h4-11H,3H2,1-2H3,(H,19,22)(H2,20,21,23,25). The van der Waals surface area contributed by atoms with Crippen molar-refractivity contribution in [2.45, 2.75) is 13.8 Å². The number of anilines is 2. The first-order valence-electron chi connectivity index (χ1n) is 7.71. The smallest absolute Gasteiger partial charge is 0.257 e. The molecule has 0 bridgehead atoms. The molecule has 0 radical (unpaired) electrons. The molecule has 0 saturated heterocycles. The van der Waals surface area contributed by atoms with Crippen molar-refractivity contribution in [2.75, 3.05) is 17.2 Å². The predicted octanol–water partition coefficient (Wildman–Crippen LogP) is 3.17. The van der Waals surface area contributed by atoms with Crippen molar-refractivity contribution in [1.82, 2.24) is 5.32 Å². The van der Waals surface area contributed by atoms with Crippen LogP contribution in [-0.2, 0) is 4.79 Å². The molecule has 6 nitrogen and oxygen atoms in total. The van der Waals surface area contributed by atoms with Crippen LogP contribution in [-0.4, -0.2) is 23.5 Å². The fraction of sp³-hybridized carbons (Fsp3) is 0.167. The van der Waals surface area contributed by atoms with E-state index in [-0.39, 0.29) is 16.9 Å². The van der Waals surface area contributed by atoms with Crippen LogP contribution >= 0.6 is 12.2 Å². The van der Waals surface area contributed by atoms with Gasteiger partial charge >= 0.3 is 0 Å². The molecule has 0 aliphatic rings. The van der Waals surface area contributed by atoms with Crippen LogP contribution in [0.15, 0.2) is 48.5 Å². The second-order valence-electron chi connectivity index (χ2n) is 5.13. The molecule has 0 aromatic heterocycles. The molecule has 2 rings (SSSR count). The van der Waals surface area contributed by atoms with Crippen LogP contribution < -0.4 is 20.7 Å². The van der Waals surface area contributed by atoms with Gasteiger partial charge in [-0.3, -0.25) is 14.9 Å². The minimum Gasteiger partial charge on any atom is -0.494 e. The van der Waals surface area contributed by atoms with Crippen molar-refractivity contribution in [3.05, 3.63) is 54.1 Å². The SMILES string of the molecule is CCOc1ccc(C(=O)NC(=S)Nc2cccc(NC(C)=O)c2)cc1. The number of nitrogens with one attached hydrogen (secondary N) is 3. The normalized spacial score (nSPS) is 9.84. The van der Waals surface area contributed by atoms with E-state index in [1.807, 2.05) is 6.92 Å². The van der Waals surface area contributed by atoms with Gasteiger partial charge in [-0.05, 0) is 61.6 Å². The number of amides is 2. The molecule has 0 spiro atoms. The number of ether oxygens (including phenoxy) is 1. The van der Waals surface area contributed by atoms with Crippen LogP contribution in [0, 0.1) is 0 Å². The monoisotopic (exact) mass is 357 g/mol. The number of thiocarbonyl (C=S) groups is 1. The number of benzene rings is 2. The Morgan fingerprint density at radius 1 is 1.04 bits per heavy atom. The summed E-state index contributed by atoms with van der Waals surface area (Å²) in [5.74, 6) is 0.219. The van der Waals surface area contributed by atoms with Gasteiger partial charge in [0.05, 0.1) is 6.61 Å². The molecule has 0 aliphatic carbocycles. The third-order valence-electron chi connectivity index (χ3n) is 3.10. The zero-order chi connectivity index (χ0) is 18.2. The highest BCUT2D eigenvalue weighted by atomic mass is 32.1. The largest absolute Gasteiger partial charge is 0.494 e. The van der Waals surface area contributed by atoms with Crippen LogP contribution in [0.1, 0.15) is 24.2 Å². The Labute approximate surface area is 151 Å². The first kappa shape index (κ1) is 18.4. The molecule has 0 heterocycles. The summed E-state index contributed by atoms with van der Waals surface area (Å²) in [6, 6.07) is 13.8. The average molecular weight is 357 g/mol. The van der Waals surface area contributed by atoms with Gasteiger partial charge in [0.15, 0.2) is 5.11 Å². The van der Waals surface area contributed by atoms with Crippen molar-refractivity contribution in [1.29, 1.82) is 0 Å². The van der Waals surface area contributed by atoms with Crippen molar-refractivity contribution >= 4 is 40.5 Å². The van der Waals surface area contributed by atoms with Gasteiger partial charge in [-0.25, -0.2) is 0 Å². The fourth-order valence-electron chi connectivity index (χ4n) is 2.08. The first-order valence-corrected chi connectivity index (χ1v) is 8.11. The second kappa shape index (κ2) is 8.79. The van der Waals surface area contributed by atoms with E-state index in [1.165, 1.54) is 6.92 Å². The Bertz CT molecular complexity index is 775. The van der Waals surface area contributed by atoms with E-state index in [0.29, 0.717) is 29.3 Å². The van der Waals surface area contributed by atoms with Gasteiger partial charge in [0, 0.05) is 23.9 Å². The van der Waals surface area contributed by atoms with Gasteiger partial charge in [0.2, 0.25) is 5.91 Å². The first-order chi connectivity index (χ1) is 12.0. The zero-order valence-electron chi connectivity index (χ0n) is 14.0. The summed E-state index contributed by atoms with van der Waals surface area (Å²) in [5.41, 5.74) is 1.76. The second-order valence-corrected chi connectivity index (χ2v) is 5.54. The quantitative estimate of drug-likeness (QED) is 0.716. The lowest BCUT2D eigenvalue weighted by atomic mass is 10.2. The summed E-state index contributed by atoms with van der Waals surface area (Å²) in [5, 5.41) is 8.37. The Morgan fingerprint density at radius 2 is 1.68 bits per heavy atom. The summed E-state index contributed by atoms with van der Waals surface area (Å²) in [7, 11) is 0. The molecule has 0 unspecified atom stereocenters. The highest BCUT2D eigenvalue weighted by Gasteiger charge is 2.08. The Morgan fingerprint density at radius 3 is 2.28 bits per heavy atom. The zero-order valence-corrected chi connectivity index (χ0v) is 14.8. The van der Waals surface area contributed by atoms with Gasteiger partial charge < -0.3 is 15.4 Å². The molecule has 2 amide bonds. The van der Waals surface area contributed by atoms with Crippen molar-refractivity contribution < 1.29 is 14.3 Å². The number of hydrogen-bond acceptors (Lipinski definition) is 4. The minimum absolute atomic E-state index is 0.163. The molecule has 3 N–H and O–H groups in total. The number of hydrogen-bond donors (Lipinski definition) is 3. The molecule has 0 atom stereocenters. The van der Waals surface area contributed by atoms with Crippen molar-refractivity contribution in [2.24, 2.45) is 0 Å². The third kappa shape index (κ3) is 5.89. The van der Waals surface area contributed by atoms with Gasteiger partial charge in [-0.2, -0.15) is 0 Å². The third-order valence-corrected chi connectivity index (χ3v) is 3.30. The molecule has 2 aromatic rings. The van der Waals surface area contributed by atoms with E-state index in [0.717, 1.165) is 0 Å². The molecule has 0 saturated carbocycles. The maximum Gasteiger partial charge on any atom is 0.257 e.